The minimum absolute atomic E-state index is 0.0419. The molecular formula is C19H17N3O5S. The Bertz CT molecular complexity index is 1090. The van der Waals surface area contributed by atoms with Gasteiger partial charge in [-0.25, -0.2) is 9.78 Å². The predicted octanol–water partition coefficient (Wildman–Crippen LogP) is 2.52. The third-order valence-electron chi connectivity index (χ3n) is 4.83. The first kappa shape index (κ1) is 18.3. The maximum Gasteiger partial charge on any atom is 0.355 e. The lowest BCUT2D eigenvalue weighted by molar-refractivity contribution is -0.144. The highest BCUT2D eigenvalue weighted by molar-refractivity contribution is 7.15. The summed E-state index contributed by atoms with van der Waals surface area (Å²) >= 11 is 1.30. The number of carboxylic acid groups (broad SMARTS) is 1. The number of amides is 1. The van der Waals surface area contributed by atoms with Crippen molar-refractivity contribution in [2.24, 2.45) is 0 Å². The second-order valence-corrected chi connectivity index (χ2v) is 7.93. The number of likely N-dealkylation sites (N-methyl/N-ethyl adjacent to an activating group) is 1. The summed E-state index contributed by atoms with van der Waals surface area (Å²) in [5.41, 5.74) is 0.276. The van der Waals surface area contributed by atoms with Crippen LogP contribution in [0.3, 0.4) is 0 Å². The van der Waals surface area contributed by atoms with E-state index in [0.29, 0.717) is 27.7 Å². The monoisotopic (exact) mass is 399 g/mol. The molecule has 8 nitrogen and oxygen atoms in total. The van der Waals surface area contributed by atoms with Crippen LogP contribution < -0.4 is 0 Å². The van der Waals surface area contributed by atoms with Crippen LogP contribution in [-0.4, -0.2) is 50.7 Å². The molecule has 1 aliphatic rings. The van der Waals surface area contributed by atoms with Crippen molar-refractivity contribution in [1.82, 2.24) is 15.0 Å². The molecule has 0 aliphatic carbocycles. The van der Waals surface area contributed by atoms with Crippen molar-refractivity contribution in [3.05, 3.63) is 46.7 Å². The average Bonchev–Trinajstić information content (AvgIpc) is 3.38. The third kappa shape index (κ3) is 2.88. The van der Waals surface area contributed by atoms with Gasteiger partial charge in [0.2, 0.25) is 5.60 Å². The van der Waals surface area contributed by atoms with E-state index in [4.69, 9.17) is 4.52 Å². The van der Waals surface area contributed by atoms with Crippen LogP contribution in [0.1, 0.15) is 27.5 Å². The number of likely N-dealkylation sites (tertiary alicyclic amines) is 1. The summed E-state index contributed by atoms with van der Waals surface area (Å²) in [6.07, 6.45) is 0.243. The number of aromatic nitrogens is 2. The smallest absolute Gasteiger partial charge is 0.355 e. The molecule has 1 aliphatic heterocycles. The van der Waals surface area contributed by atoms with Gasteiger partial charge in [-0.15, -0.1) is 11.3 Å². The molecule has 28 heavy (non-hydrogen) atoms. The number of rotatable bonds is 4. The van der Waals surface area contributed by atoms with Crippen molar-refractivity contribution in [1.29, 1.82) is 0 Å². The molecule has 1 fully saturated rings. The zero-order valence-electron chi connectivity index (χ0n) is 15.2. The van der Waals surface area contributed by atoms with Crippen LogP contribution in [0, 0.1) is 6.92 Å². The Kier molecular flexibility index (Phi) is 4.28. The van der Waals surface area contributed by atoms with E-state index < -0.39 is 17.5 Å². The molecule has 9 heteroatoms. The Morgan fingerprint density at radius 2 is 2.07 bits per heavy atom. The number of thiazole rings is 1. The number of aryl methyl sites for hydroxylation is 1. The highest BCUT2D eigenvalue weighted by Crippen LogP contribution is 2.36. The van der Waals surface area contributed by atoms with Crippen LogP contribution in [0.5, 0.6) is 0 Å². The molecule has 4 rings (SSSR count). The van der Waals surface area contributed by atoms with E-state index in [-0.39, 0.29) is 17.9 Å². The van der Waals surface area contributed by atoms with Gasteiger partial charge in [-0.2, -0.15) is 0 Å². The number of aromatic carboxylic acids is 1. The van der Waals surface area contributed by atoms with Crippen molar-refractivity contribution in [2.45, 2.75) is 18.9 Å². The quantitative estimate of drug-likeness (QED) is 0.692. The topological polar surface area (TPSA) is 117 Å². The van der Waals surface area contributed by atoms with Crippen LogP contribution in [-0.2, 0) is 10.4 Å². The maximum atomic E-state index is 12.2. The van der Waals surface area contributed by atoms with Crippen molar-refractivity contribution < 1.29 is 24.3 Å². The summed E-state index contributed by atoms with van der Waals surface area (Å²) in [6, 6.07) is 8.83. The Balaban J connectivity index is 1.68. The average molecular weight is 399 g/mol. The second-order valence-electron chi connectivity index (χ2n) is 6.72. The van der Waals surface area contributed by atoms with Crippen molar-refractivity contribution >= 4 is 23.2 Å². The van der Waals surface area contributed by atoms with Gasteiger partial charge in [0.25, 0.3) is 5.91 Å². The number of benzene rings is 1. The minimum Gasteiger partial charge on any atom is -0.476 e. The van der Waals surface area contributed by atoms with Gasteiger partial charge in [0.1, 0.15) is 10.7 Å². The van der Waals surface area contributed by atoms with Gasteiger partial charge in [0.15, 0.2) is 11.5 Å². The van der Waals surface area contributed by atoms with Crippen LogP contribution in [0.2, 0.25) is 0 Å². The fraction of sp³-hybridized carbons (Fsp3) is 0.263. The van der Waals surface area contributed by atoms with Crippen molar-refractivity contribution in [3.8, 4) is 21.8 Å². The summed E-state index contributed by atoms with van der Waals surface area (Å²) in [7, 11) is 1.63. The van der Waals surface area contributed by atoms with Gasteiger partial charge < -0.3 is 19.6 Å². The van der Waals surface area contributed by atoms with Gasteiger partial charge in [-0.3, -0.25) is 4.79 Å². The number of carboxylic acids is 1. The summed E-state index contributed by atoms with van der Waals surface area (Å²) < 4.78 is 5.29. The highest BCUT2D eigenvalue weighted by Gasteiger charge is 2.48. The molecule has 1 saturated heterocycles. The Morgan fingerprint density at radius 3 is 2.71 bits per heavy atom. The first-order valence-corrected chi connectivity index (χ1v) is 9.38. The highest BCUT2D eigenvalue weighted by atomic mass is 32.1. The molecule has 1 amide bonds. The van der Waals surface area contributed by atoms with Gasteiger partial charge in [0.05, 0.1) is 0 Å². The molecule has 0 saturated carbocycles. The van der Waals surface area contributed by atoms with Crippen LogP contribution in [0.25, 0.3) is 21.8 Å². The summed E-state index contributed by atoms with van der Waals surface area (Å²) in [6.45, 7) is 2.16. The van der Waals surface area contributed by atoms with E-state index in [1.807, 2.05) is 18.2 Å². The molecule has 0 radical (unpaired) electrons. The van der Waals surface area contributed by atoms with E-state index in [2.05, 4.69) is 10.1 Å². The number of carbonyl (C=O) groups excluding carboxylic acids is 1. The lowest BCUT2D eigenvalue weighted by atomic mass is 9.98. The first-order chi connectivity index (χ1) is 13.3. The number of nitrogens with zero attached hydrogens (tertiary/aromatic N) is 3. The predicted molar refractivity (Wildman–Crippen MR) is 101 cm³/mol. The fourth-order valence-electron chi connectivity index (χ4n) is 3.22. The second kappa shape index (κ2) is 6.54. The van der Waals surface area contributed by atoms with E-state index >= 15 is 0 Å². The third-order valence-corrected chi connectivity index (χ3v) is 5.85. The number of carbonyl (C=O) groups is 2. The van der Waals surface area contributed by atoms with Crippen molar-refractivity contribution in [3.63, 3.8) is 0 Å². The molecule has 2 aromatic heterocycles. The summed E-state index contributed by atoms with van der Waals surface area (Å²) in [5, 5.41) is 24.5. The molecule has 0 spiro atoms. The van der Waals surface area contributed by atoms with Gasteiger partial charge in [-0.1, -0.05) is 23.4 Å². The van der Waals surface area contributed by atoms with E-state index in [0.717, 1.165) is 5.56 Å². The molecule has 144 valence electrons. The Labute approximate surface area is 164 Å². The molecule has 3 heterocycles. The largest absolute Gasteiger partial charge is 0.476 e. The molecule has 1 unspecified atom stereocenters. The number of aliphatic hydroxyl groups is 1. The summed E-state index contributed by atoms with van der Waals surface area (Å²) in [4.78, 5) is 29.7. The Morgan fingerprint density at radius 1 is 1.32 bits per heavy atom. The molecule has 1 atom stereocenters. The number of hydrogen-bond acceptors (Lipinski definition) is 7. The molecular weight excluding hydrogens is 382 g/mol. The van der Waals surface area contributed by atoms with E-state index in [1.165, 1.54) is 16.2 Å². The van der Waals surface area contributed by atoms with Gasteiger partial charge in [-0.05, 0) is 13.0 Å². The standard InChI is InChI=1S/C19H17N3O5S/c1-10-15(17(23)24)20-16(28-10)12-5-3-4-11(8-12)13-9-14(27-21-13)19(26)6-7-22(2)18(19)25/h3-5,8-9,26H,6-7H2,1-2H3,(H,23,24). The van der Waals surface area contributed by atoms with E-state index in [9.17, 15) is 19.8 Å². The number of hydrogen-bond donors (Lipinski definition) is 2. The normalized spacial score (nSPS) is 19.4. The Hall–Kier alpha value is -3.04. The molecule has 0 bridgehead atoms. The van der Waals surface area contributed by atoms with Gasteiger partial charge in [0, 0.05) is 42.1 Å². The zero-order chi connectivity index (χ0) is 20.1. The first-order valence-electron chi connectivity index (χ1n) is 8.56. The van der Waals surface area contributed by atoms with E-state index in [1.54, 1.807) is 26.1 Å². The van der Waals surface area contributed by atoms with Crippen LogP contribution >= 0.6 is 11.3 Å². The zero-order valence-corrected chi connectivity index (χ0v) is 16.0. The molecule has 2 N–H and O–H groups in total. The van der Waals surface area contributed by atoms with Crippen molar-refractivity contribution in [2.75, 3.05) is 13.6 Å². The van der Waals surface area contributed by atoms with Gasteiger partial charge >= 0.3 is 5.97 Å². The lowest BCUT2D eigenvalue weighted by Crippen LogP contribution is -2.35. The molecule has 3 aromatic rings. The SMILES string of the molecule is Cc1sc(-c2cccc(-c3cc(C4(O)CCN(C)C4=O)on3)c2)nc1C(=O)O. The maximum absolute atomic E-state index is 12.2. The fourth-order valence-corrected chi connectivity index (χ4v) is 4.12. The lowest BCUT2D eigenvalue weighted by Gasteiger charge is -2.16. The minimum atomic E-state index is -1.69. The van der Waals surface area contributed by atoms with Crippen LogP contribution in [0.15, 0.2) is 34.9 Å². The summed E-state index contributed by atoms with van der Waals surface area (Å²) in [5.74, 6) is -1.36. The van der Waals surface area contributed by atoms with Crippen LogP contribution in [0.4, 0.5) is 0 Å². The molecule has 1 aromatic carbocycles.